The van der Waals surface area contributed by atoms with E-state index in [9.17, 15) is 4.79 Å². The summed E-state index contributed by atoms with van der Waals surface area (Å²) in [6, 6.07) is 18.1. The van der Waals surface area contributed by atoms with Gasteiger partial charge < -0.3 is 10.6 Å². The largest absolute Gasteiger partial charge is 0.360 e. The Kier molecular flexibility index (Phi) is 5.34. The van der Waals surface area contributed by atoms with E-state index in [0.29, 0.717) is 25.1 Å². The molecule has 4 aromatic rings. The fourth-order valence-corrected chi connectivity index (χ4v) is 3.93. The lowest BCUT2D eigenvalue weighted by Gasteiger charge is -2.08. The second kappa shape index (κ2) is 8.22. The summed E-state index contributed by atoms with van der Waals surface area (Å²) < 4.78 is 2.91. The van der Waals surface area contributed by atoms with Crippen molar-refractivity contribution in [3.8, 4) is 0 Å². The number of carbonyl (C=O) groups is 1. The molecule has 2 N–H and O–H groups in total. The van der Waals surface area contributed by atoms with Crippen LogP contribution in [-0.2, 0) is 13.5 Å². The molecule has 0 atom stereocenters. The Hall–Kier alpha value is -3.19. The maximum absolute atomic E-state index is 12.6. The highest BCUT2D eigenvalue weighted by Crippen LogP contribution is 2.24. The Balaban J connectivity index is 1.34. The van der Waals surface area contributed by atoms with Crippen LogP contribution in [0.25, 0.3) is 10.2 Å². The van der Waals surface area contributed by atoms with Crippen LogP contribution in [0.15, 0.2) is 60.8 Å². The minimum atomic E-state index is -0.106. The van der Waals surface area contributed by atoms with Crippen molar-refractivity contribution in [1.82, 2.24) is 20.1 Å². The normalized spacial score (nSPS) is 10.9. The topological polar surface area (TPSA) is 71.8 Å². The van der Waals surface area contributed by atoms with Gasteiger partial charge in [0, 0.05) is 26.6 Å². The standard InChI is InChI=1S/C21H21N5OS/c1-26-18(13-15-7-3-2-4-8-15)16(14-24-26)20(27)22-11-12-23-21-25-17-9-5-6-10-19(17)28-21/h2-10,14H,11-13H2,1H3,(H,22,27)(H,23,25). The molecule has 0 unspecified atom stereocenters. The van der Waals surface area contributed by atoms with Crippen molar-refractivity contribution in [1.29, 1.82) is 0 Å². The molecule has 7 heteroatoms. The van der Waals surface area contributed by atoms with Crippen molar-refractivity contribution in [3.63, 3.8) is 0 Å². The summed E-state index contributed by atoms with van der Waals surface area (Å²) in [5.74, 6) is -0.106. The number of amides is 1. The fourth-order valence-electron chi connectivity index (χ4n) is 3.04. The molecule has 0 aliphatic heterocycles. The zero-order chi connectivity index (χ0) is 19.3. The summed E-state index contributed by atoms with van der Waals surface area (Å²) in [7, 11) is 1.86. The van der Waals surface area contributed by atoms with Crippen LogP contribution in [-0.4, -0.2) is 33.8 Å². The zero-order valence-electron chi connectivity index (χ0n) is 15.6. The van der Waals surface area contributed by atoms with Gasteiger partial charge in [-0.05, 0) is 17.7 Å². The molecule has 2 heterocycles. The Morgan fingerprint density at radius 1 is 1.07 bits per heavy atom. The van der Waals surface area contributed by atoms with E-state index >= 15 is 0 Å². The Labute approximate surface area is 167 Å². The van der Waals surface area contributed by atoms with Gasteiger partial charge >= 0.3 is 0 Å². The Morgan fingerprint density at radius 3 is 2.68 bits per heavy atom. The molecular weight excluding hydrogens is 370 g/mol. The van der Waals surface area contributed by atoms with E-state index < -0.39 is 0 Å². The number of anilines is 1. The van der Waals surface area contributed by atoms with E-state index in [2.05, 4.69) is 38.9 Å². The lowest BCUT2D eigenvalue weighted by Crippen LogP contribution is -2.29. The van der Waals surface area contributed by atoms with Crippen molar-refractivity contribution in [3.05, 3.63) is 77.6 Å². The highest BCUT2D eigenvalue weighted by molar-refractivity contribution is 7.22. The van der Waals surface area contributed by atoms with Crippen LogP contribution in [0.3, 0.4) is 0 Å². The molecule has 0 bridgehead atoms. The van der Waals surface area contributed by atoms with Crippen molar-refractivity contribution >= 4 is 32.6 Å². The van der Waals surface area contributed by atoms with Gasteiger partial charge in [0.15, 0.2) is 5.13 Å². The second-order valence-corrected chi connectivity index (χ2v) is 7.49. The van der Waals surface area contributed by atoms with Gasteiger partial charge in [0.05, 0.1) is 27.7 Å². The quantitative estimate of drug-likeness (QED) is 0.473. The Bertz CT molecular complexity index is 1050. The molecule has 4 rings (SSSR count). The van der Waals surface area contributed by atoms with E-state index in [4.69, 9.17) is 0 Å². The lowest BCUT2D eigenvalue weighted by molar-refractivity contribution is 0.0954. The molecule has 0 spiro atoms. The number of nitrogens with one attached hydrogen (secondary N) is 2. The third-order valence-corrected chi connectivity index (χ3v) is 5.50. The molecule has 2 aromatic carbocycles. The number of para-hydroxylation sites is 1. The van der Waals surface area contributed by atoms with Crippen LogP contribution in [0.2, 0.25) is 0 Å². The zero-order valence-corrected chi connectivity index (χ0v) is 16.4. The number of thiazole rings is 1. The molecule has 1 amide bonds. The molecule has 2 aromatic heterocycles. The summed E-state index contributed by atoms with van der Waals surface area (Å²) >= 11 is 1.61. The first kappa shape index (κ1) is 18.2. The summed E-state index contributed by atoms with van der Waals surface area (Å²) in [5.41, 5.74) is 3.66. The first-order chi connectivity index (χ1) is 13.7. The maximum Gasteiger partial charge on any atom is 0.254 e. The first-order valence-corrected chi connectivity index (χ1v) is 9.95. The van der Waals surface area contributed by atoms with Crippen LogP contribution < -0.4 is 10.6 Å². The van der Waals surface area contributed by atoms with E-state index in [1.807, 2.05) is 43.4 Å². The number of benzene rings is 2. The van der Waals surface area contributed by atoms with Crippen LogP contribution in [0.4, 0.5) is 5.13 Å². The minimum absolute atomic E-state index is 0.106. The van der Waals surface area contributed by atoms with E-state index in [0.717, 1.165) is 26.6 Å². The van der Waals surface area contributed by atoms with Crippen LogP contribution in [0.1, 0.15) is 21.6 Å². The van der Waals surface area contributed by atoms with Gasteiger partial charge in [-0.25, -0.2) is 4.98 Å². The number of fused-ring (bicyclic) bond motifs is 1. The number of aromatic nitrogens is 3. The molecule has 28 heavy (non-hydrogen) atoms. The average molecular weight is 392 g/mol. The summed E-state index contributed by atoms with van der Waals surface area (Å²) in [5, 5.41) is 11.4. The molecule has 6 nitrogen and oxygen atoms in total. The molecule has 0 aliphatic rings. The fraction of sp³-hybridized carbons (Fsp3) is 0.190. The maximum atomic E-state index is 12.6. The molecule has 0 saturated heterocycles. The van der Waals surface area contributed by atoms with Crippen LogP contribution >= 0.6 is 11.3 Å². The first-order valence-electron chi connectivity index (χ1n) is 9.13. The van der Waals surface area contributed by atoms with Gasteiger partial charge in [-0.2, -0.15) is 5.10 Å². The summed E-state index contributed by atoms with van der Waals surface area (Å²) in [6.45, 7) is 1.12. The van der Waals surface area contributed by atoms with Gasteiger partial charge in [-0.3, -0.25) is 9.48 Å². The summed E-state index contributed by atoms with van der Waals surface area (Å²) in [6.07, 6.45) is 2.30. The number of rotatable bonds is 7. The molecule has 0 radical (unpaired) electrons. The number of hydrogen-bond donors (Lipinski definition) is 2. The number of carbonyl (C=O) groups excluding carboxylic acids is 1. The molecule has 0 aliphatic carbocycles. The van der Waals surface area contributed by atoms with Crippen molar-refractivity contribution in [2.24, 2.45) is 7.05 Å². The van der Waals surface area contributed by atoms with Crippen LogP contribution in [0, 0.1) is 0 Å². The van der Waals surface area contributed by atoms with Gasteiger partial charge in [0.1, 0.15) is 0 Å². The van der Waals surface area contributed by atoms with E-state index in [-0.39, 0.29) is 5.91 Å². The van der Waals surface area contributed by atoms with Crippen molar-refractivity contribution < 1.29 is 4.79 Å². The van der Waals surface area contributed by atoms with Gasteiger partial charge in [0.2, 0.25) is 0 Å². The molecular formula is C21H21N5OS. The predicted octanol–water partition coefficient (Wildman–Crippen LogP) is 3.46. The monoisotopic (exact) mass is 391 g/mol. The van der Waals surface area contributed by atoms with Gasteiger partial charge in [-0.15, -0.1) is 0 Å². The highest BCUT2D eigenvalue weighted by Gasteiger charge is 2.16. The van der Waals surface area contributed by atoms with E-state index in [1.54, 1.807) is 22.2 Å². The SMILES string of the molecule is Cn1ncc(C(=O)NCCNc2nc3ccccc3s2)c1Cc1ccccc1. The second-order valence-electron chi connectivity index (χ2n) is 6.46. The van der Waals surface area contributed by atoms with Gasteiger partial charge in [-0.1, -0.05) is 53.8 Å². The van der Waals surface area contributed by atoms with Crippen LogP contribution in [0.5, 0.6) is 0 Å². The van der Waals surface area contributed by atoms with Crippen molar-refractivity contribution in [2.45, 2.75) is 6.42 Å². The summed E-state index contributed by atoms with van der Waals surface area (Å²) in [4.78, 5) is 17.1. The highest BCUT2D eigenvalue weighted by atomic mass is 32.1. The predicted molar refractivity (Wildman–Crippen MR) is 113 cm³/mol. The average Bonchev–Trinajstić information content (AvgIpc) is 3.29. The molecule has 0 saturated carbocycles. The van der Waals surface area contributed by atoms with Gasteiger partial charge in [0.25, 0.3) is 5.91 Å². The number of nitrogens with zero attached hydrogens (tertiary/aromatic N) is 3. The van der Waals surface area contributed by atoms with Crippen molar-refractivity contribution in [2.75, 3.05) is 18.4 Å². The third-order valence-electron chi connectivity index (χ3n) is 4.50. The van der Waals surface area contributed by atoms with E-state index in [1.165, 1.54) is 0 Å². The smallest absolute Gasteiger partial charge is 0.254 e. The molecule has 142 valence electrons. The third kappa shape index (κ3) is 4.04. The number of aryl methyl sites for hydroxylation is 1. The molecule has 0 fully saturated rings. The lowest BCUT2D eigenvalue weighted by atomic mass is 10.1. The minimum Gasteiger partial charge on any atom is -0.360 e. The number of hydrogen-bond acceptors (Lipinski definition) is 5. The Morgan fingerprint density at radius 2 is 1.86 bits per heavy atom.